The van der Waals surface area contributed by atoms with Crippen molar-refractivity contribution < 1.29 is 18.9 Å². The second-order valence-corrected chi connectivity index (χ2v) is 5.17. The largest absolute Gasteiger partial charge is 0.324 e. The summed E-state index contributed by atoms with van der Waals surface area (Å²) in [7, 11) is 0. The lowest BCUT2D eigenvalue weighted by molar-refractivity contribution is -0.384. The maximum absolute atomic E-state index is 13.4. The monoisotopic (exact) mass is 358 g/mol. The molecule has 2 amide bonds. The van der Waals surface area contributed by atoms with Crippen LogP contribution in [0.1, 0.15) is 18.4 Å². The van der Waals surface area contributed by atoms with E-state index >= 15 is 0 Å². The maximum Gasteiger partial charge on any atom is 0.270 e. The van der Waals surface area contributed by atoms with E-state index in [9.17, 15) is 24.1 Å². The predicted molar refractivity (Wildman–Crippen MR) is 93.1 cm³/mol. The van der Waals surface area contributed by atoms with Crippen molar-refractivity contribution in [1.29, 1.82) is 0 Å². The molecule has 2 aromatic rings. The van der Waals surface area contributed by atoms with Gasteiger partial charge < -0.3 is 5.32 Å². The van der Waals surface area contributed by atoms with Gasteiger partial charge in [0.1, 0.15) is 5.82 Å². The van der Waals surface area contributed by atoms with Gasteiger partial charge in [-0.25, -0.2) is 9.82 Å². The molecule has 0 radical (unpaired) electrons. The van der Waals surface area contributed by atoms with Crippen molar-refractivity contribution in [3.05, 3.63) is 70.0 Å². The number of nitrogens with zero attached hydrogens (tertiary/aromatic N) is 2. The fourth-order valence-electron chi connectivity index (χ4n) is 1.96. The standard InChI is InChI=1S/C17H15FN4O4/c18-14-6-1-2-7-15(14)20-16(23)8-9-17(24)21-19-11-12-4-3-5-13(10-12)22(25)26/h1-7,10-11H,8-9H2,(H,20,23)(H,21,24). The second kappa shape index (κ2) is 9.02. The lowest BCUT2D eigenvalue weighted by Crippen LogP contribution is -2.20. The number of rotatable bonds is 7. The molecule has 0 bridgehead atoms. The number of para-hydroxylation sites is 1. The first-order valence-corrected chi connectivity index (χ1v) is 7.56. The summed E-state index contributed by atoms with van der Waals surface area (Å²) in [6.45, 7) is 0. The molecule has 8 nitrogen and oxygen atoms in total. The van der Waals surface area contributed by atoms with Crippen LogP contribution in [0.25, 0.3) is 0 Å². The van der Waals surface area contributed by atoms with Crippen LogP contribution in [-0.4, -0.2) is 23.0 Å². The van der Waals surface area contributed by atoms with Crippen LogP contribution in [0.3, 0.4) is 0 Å². The van der Waals surface area contributed by atoms with E-state index in [1.54, 1.807) is 12.1 Å². The van der Waals surface area contributed by atoms with E-state index in [0.29, 0.717) is 5.56 Å². The lowest BCUT2D eigenvalue weighted by atomic mass is 10.2. The minimum atomic E-state index is -0.563. The number of hydrogen-bond donors (Lipinski definition) is 2. The van der Waals surface area contributed by atoms with E-state index < -0.39 is 22.6 Å². The Balaban J connectivity index is 1.78. The van der Waals surface area contributed by atoms with Crippen LogP contribution in [0.15, 0.2) is 53.6 Å². The summed E-state index contributed by atoms with van der Waals surface area (Å²) in [5.74, 6) is -1.59. The Labute approximate surface area is 147 Å². The van der Waals surface area contributed by atoms with Gasteiger partial charge >= 0.3 is 0 Å². The van der Waals surface area contributed by atoms with Crippen molar-refractivity contribution in [3.63, 3.8) is 0 Å². The van der Waals surface area contributed by atoms with E-state index in [-0.39, 0.29) is 24.2 Å². The zero-order valence-corrected chi connectivity index (χ0v) is 13.5. The summed E-state index contributed by atoms with van der Waals surface area (Å²) >= 11 is 0. The molecule has 0 saturated carbocycles. The smallest absolute Gasteiger partial charge is 0.270 e. The molecule has 0 unspecified atom stereocenters. The summed E-state index contributed by atoms with van der Waals surface area (Å²) in [6.07, 6.45) is 0.962. The fourth-order valence-corrected chi connectivity index (χ4v) is 1.96. The van der Waals surface area contributed by atoms with Crippen molar-refractivity contribution >= 4 is 29.4 Å². The molecule has 0 aliphatic heterocycles. The number of benzene rings is 2. The van der Waals surface area contributed by atoms with Crippen molar-refractivity contribution in [2.45, 2.75) is 12.8 Å². The topological polar surface area (TPSA) is 114 Å². The number of carbonyl (C=O) groups excluding carboxylic acids is 2. The normalized spacial score (nSPS) is 10.5. The molecule has 0 fully saturated rings. The highest BCUT2D eigenvalue weighted by Crippen LogP contribution is 2.13. The van der Waals surface area contributed by atoms with Gasteiger partial charge in [0.05, 0.1) is 16.8 Å². The molecule has 0 aliphatic rings. The lowest BCUT2D eigenvalue weighted by Gasteiger charge is -2.05. The Morgan fingerprint density at radius 1 is 1.12 bits per heavy atom. The van der Waals surface area contributed by atoms with Crippen molar-refractivity contribution in [1.82, 2.24) is 5.43 Å². The Bertz CT molecular complexity index is 854. The van der Waals surface area contributed by atoms with Crippen LogP contribution in [0, 0.1) is 15.9 Å². The van der Waals surface area contributed by atoms with Crippen LogP contribution >= 0.6 is 0 Å². The number of non-ortho nitro benzene ring substituents is 1. The first-order chi connectivity index (χ1) is 12.5. The highest BCUT2D eigenvalue weighted by molar-refractivity contribution is 5.93. The molecular weight excluding hydrogens is 343 g/mol. The molecule has 0 aromatic heterocycles. The van der Waals surface area contributed by atoms with Gasteiger partial charge in [0.15, 0.2) is 0 Å². The summed E-state index contributed by atoms with van der Waals surface area (Å²) in [5, 5.41) is 16.7. The number of anilines is 1. The molecule has 9 heteroatoms. The number of hydrazone groups is 1. The molecule has 0 aliphatic carbocycles. The van der Waals surface area contributed by atoms with E-state index in [1.807, 2.05) is 0 Å². The number of nitrogens with one attached hydrogen (secondary N) is 2. The molecule has 0 saturated heterocycles. The molecule has 0 spiro atoms. The van der Waals surface area contributed by atoms with Gasteiger partial charge in [0.25, 0.3) is 5.69 Å². The maximum atomic E-state index is 13.4. The Kier molecular flexibility index (Phi) is 6.49. The number of halogens is 1. The van der Waals surface area contributed by atoms with E-state index in [2.05, 4.69) is 15.8 Å². The molecule has 134 valence electrons. The number of carbonyl (C=O) groups is 2. The predicted octanol–water partition coefficient (Wildman–Crippen LogP) is 2.60. The average molecular weight is 358 g/mol. The van der Waals surface area contributed by atoms with Crippen LogP contribution in [0.4, 0.5) is 15.8 Å². The number of amides is 2. The van der Waals surface area contributed by atoms with Gasteiger partial charge in [-0.1, -0.05) is 24.3 Å². The summed E-state index contributed by atoms with van der Waals surface area (Å²) in [5.41, 5.74) is 2.61. The summed E-state index contributed by atoms with van der Waals surface area (Å²) in [4.78, 5) is 33.5. The fraction of sp³-hybridized carbons (Fsp3) is 0.118. The Morgan fingerprint density at radius 2 is 1.85 bits per heavy atom. The molecule has 0 atom stereocenters. The zero-order valence-electron chi connectivity index (χ0n) is 13.5. The Morgan fingerprint density at radius 3 is 2.58 bits per heavy atom. The molecule has 2 N–H and O–H groups in total. The van der Waals surface area contributed by atoms with E-state index in [1.165, 1.54) is 42.6 Å². The first-order valence-electron chi connectivity index (χ1n) is 7.56. The number of nitro groups is 1. The number of nitro benzene ring substituents is 1. The molecule has 2 aromatic carbocycles. The molecule has 26 heavy (non-hydrogen) atoms. The molecular formula is C17H15FN4O4. The second-order valence-electron chi connectivity index (χ2n) is 5.17. The van der Waals surface area contributed by atoms with Crippen molar-refractivity contribution in [3.8, 4) is 0 Å². The minimum Gasteiger partial charge on any atom is -0.324 e. The SMILES string of the molecule is O=C(CCC(=O)Nc1ccccc1F)NN=Cc1cccc([N+](=O)[O-])c1. The Hall–Kier alpha value is -3.62. The van der Waals surface area contributed by atoms with Gasteiger partial charge in [-0.3, -0.25) is 19.7 Å². The van der Waals surface area contributed by atoms with Crippen molar-refractivity contribution in [2.24, 2.45) is 5.10 Å². The highest BCUT2D eigenvalue weighted by atomic mass is 19.1. The third-order valence-electron chi connectivity index (χ3n) is 3.21. The van der Waals surface area contributed by atoms with Crippen molar-refractivity contribution in [2.75, 3.05) is 5.32 Å². The van der Waals surface area contributed by atoms with Gasteiger partial charge in [-0.2, -0.15) is 5.10 Å². The van der Waals surface area contributed by atoms with Crippen LogP contribution in [0.2, 0.25) is 0 Å². The van der Waals surface area contributed by atoms with Gasteiger partial charge in [-0.05, 0) is 12.1 Å². The van der Waals surface area contributed by atoms with Crippen LogP contribution < -0.4 is 10.7 Å². The van der Waals surface area contributed by atoms with Gasteiger partial charge in [-0.15, -0.1) is 0 Å². The number of hydrogen-bond acceptors (Lipinski definition) is 5. The molecule has 2 rings (SSSR count). The third kappa shape index (κ3) is 5.78. The van der Waals surface area contributed by atoms with Gasteiger partial charge in [0, 0.05) is 30.5 Å². The zero-order chi connectivity index (χ0) is 18.9. The first kappa shape index (κ1) is 18.7. The summed E-state index contributed by atoms with van der Waals surface area (Å²) < 4.78 is 13.4. The molecule has 0 heterocycles. The quantitative estimate of drug-likeness (QED) is 0.450. The van der Waals surface area contributed by atoms with Gasteiger partial charge in [0.2, 0.25) is 11.8 Å². The van der Waals surface area contributed by atoms with E-state index in [4.69, 9.17) is 0 Å². The van der Waals surface area contributed by atoms with Crippen LogP contribution in [-0.2, 0) is 9.59 Å². The average Bonchev–Trinajstić information content (AvgIpc) is 2.62. The highest BCUT2D eigenvalue weighted by Gasteiger charge is 2.09. The van der Waals surface area contributed by atoms with Crippen LogP contribution in [0.5, 0.6) is 0 Å². The van der Waals surface area contributed by atoms with E-state index in [0.717, 1.165) is 0 Å². The minimum absolute atomic E-state index is 0.0431. The third-order valence-corrected chi connectivity index (χ3v) is 3.21. The summed E-state index contributed by atoms with van der Waals surface area (Å²) in [6, 6.07) is 11.4.